The van der Waals surface area contributed by atoms with Crippen molar-refractivity contribution in [3.8, 4) is 0 Å². The van der Waals surface area contributed by atoms with Crippen molar-refractivity contribution in [2.24, 2.45) is 0 Å². The number of anilines is 1. The highest BCUT2D eigenvalue weighted by Crippen LogP contribution is 2.22. The molecule has 0 spiro atoms. The van der Waals surface area contributed by atoms with E-state index in [1.165, 1.54) is 31.5 Å². The van der Waals surface area contributed by atoms with Gasteiger partial charge < -0.3 is 10.1 Å². The highest BCUT2D eigenvalue weighted by Gasteiger charge is 2.20. The summed E-state index contributed by atoms with van der Waals surface area (Å²) in [7, 11) is 0. The summed E-state index contributed by atoms with van der Waals surface area (Å²) >= 11 is 0. The van der Waals surface area contributed by atoms with Crippen LogP contribution in [0.4, 0.5) is 5.69 Å². The van der Waals surface area contributed by atoms with Gasteiger partial charge in [-0.05, 0) is 45.4 Å². The van der Waals surface area contributed by atoms with E-state index in [4.69, 9.17) is 5.73 Å². The molecule has 0 bridgehead atoms. The van der Waals surface area contributed by atoms with Gasteiger partial charge >= 0.3 is 0 Å². The summed E-state index contributed by atoms with van der Waals surface area (Å²) < 4.78 is 2.14. The lowest BCUT2D eigenvalue weighted by Gasteiger charge is -2.33. The van der Waals surface area contributed by atoms with Crippen molar-refractivity contribution in [2.45, 2.75) is 45.7 Å². The number of rotatable bonds is 2. The van der Waals surface area contributed by atoms with E-state index >= 15 is 0 Å². The molecule has 1 aliphatic heterocycles. The standard InChI is InChI=1S/C15H22N4/c1-11-5-3-4-8-18(11)10-14-12(2)17-15-7-6-13(16)9-19(14)15/h6-7,9,11H,3-5,8,10,16H2,1-2H3. The second kappa shape index (κ2) is 4.85. The van der Waals surface area contributed by atoms with Crippen LogP contribution in [0.5, 0.6) is 0 Å². The Labute approximate surface area is 114 Å². The predicted molar refractivity (Wildman–Crippen MR) is 78.1 cm³/mol. The van der Waals surface area contributed by atoms with E-state index in [1.54, 1.807) is 0 Å². The van der Waals surface area contributed by atoms with Crippen molar-refractivity contribution < 1.29 is 0 Å². The molecular formula is C15H22N4. The Morgan fingerprint density at radius 2 is 2.21 bits per heavy atom. The van der Waals surface area contributed by atoms with Crippen molar-refractivity contribution in [2.75, 3.05) is 12.3 Å². The number of nitrogens with two attached hydrogens (primary N) is 1. The third-order valence-electron chi connectivity index (χ3n) is 4.23. The molecule has 2 aromatic rings. The van der Waals surface area contributed by atoms with E-state index in [1.807, 2.05) is 18.3 Å². The molecule has 0 aliphatic carbocycles. The summed E-state index contributed by atoms with van der Waals surface area (Å²) in [6, 6.07) is 4.57. The molecule has 19 heavy (non-hydrogen) atoms. The van der Waals surface area contributed by atoms with Gasteiger partial charge in [0.05, 0.1) is 11.4 Å². The van der Waals surface area contributed by atoms with Crippen molar-refractivity contribution in [3.63, 3.8) is 0 Å². The molecule has 0 aromatic carbocycles. The molecule has 102 valence electrons. The first-order valence-corrected chi connectivity index (χ1v) is 7.12. The summed E-state index contributed by atoms with van der Waals surface area (Å²) in [5.41, 5.74) is 10.1. The van der Waals surface area contributed by atoms with E-state index < -0.39 is 0 Å². The third kappa shape index (κ3) is 2.32. The lowest BCUT2D eigenvalue weighted by atomic mass is 10.0. The van der Waals surface area contributed by atoms with Gasteiger partial charge in [0.2, 0.25) is 0 Å². The van der Waals surface area contributed by atoms with Gasteiger partial charge in [-0.15, -0.1) is 0 Å². The summed E-state index contributed by atoms with van der Waals surface area (Å²) in [6.07, 6.45) is 5.95. The normalized spacial score (nSPS) is 21.1. The SMILES string of the molecule is Cc1nc2ccc(N)cn2c1CN1CCCCC1C. The van der Waals surface area contributed by atoms with Crippen LogP contribution < -0.4 is 5.73 Å². The second-order valence-electron chi connectivity index (χ2n) is 5.65. The number of fused-ring (bicyclic) bond motifs is 1. The average Bonchev–Trinajstić information content (AvgIpc) is 2.69. The van der Waals surface area contributed by atoms with Gasteiger partial charge in [0.1, 0.15) is 5.65 Å². The Bertz CT molecular complexity index is 587. The minimum atomic E-state index is 0.666. The van der Waals surface area contributed by atoms with Crippen LogP contribution >= 0.6 is 0 Å². The molecule has 2 N–H and O–H groups in total. The molecule has 4 nitrogen and oxygen atoms in total. The van der Waals surface area contributed by atoms with Crippen LogP contribution in [0, 0.1) is 6.92 Å². The molecule has 3 rings (SSSR count). The Balaban J connectivity index is 1.95. The number of aryl methyl sites for hydroxylation is 1. The molecule has 2 aromatic heterocycles. The average molecular weight is 258 g/mol. The van der Waals surface area contributed by atoms with E-state index in [-0.39, 0.29) is 0 Å². The largest absolute Gasteiger partial charge is 0.398 e. The van der Waals surface area contributed by atoms with Gasteiger partial charge in [0.15, 0.2) is 0 Å². The number of imidazole rings is 1. The van der Waals surface area contributed by atoms with Crippen LogP contribution in [0.15, 0.2) is 18.3 Å². The maximum Gasteiger partial charge on any atom is 0.137 e. The van der Waals surface area contributed by atoms with Crippen molar-refractivity contribution >= 4 is 11.3 Å². The quantitative estimate of drug-likeness (QED) is 0.900. The molecule has 1 aliphatic rings. The smallest absolute Gasteiger partial charge is 0.137 e. The maximum atomic E-state index is 5.90. The Hall–Kier alpha value is -1.55. The van der Waals surface area contributed by atoms with Gasteiger partial charge in [-0.1, -0.05) is 6.42 Å². The van der Waals surface area contributed by atoms with Gasteiger partial charge in [-0.2, -0.15) is 0 Å². The summed E-state index contributed by atoms with van der Waals surface area (Å²) in [6.45, 7) is 6.58. The van der Waals surface area contributed by atoms with E-state index in [9.17, 15) is 0 Å². The van der Waals surface area contributed by atoms with Crippen molar-refractivity contribution in [3.05, 3.63) is 29.7 Å². The molecule has 0 amide bonds. The Morgan fingerprint density at radius 1 is 1.37 bits per heavy atom. The van der Waals surface area contributed by atoms with Gasteiger partial charge in [0.25, 0.3) is 0 Å². The Morgan fingerprint density at radius 3 is 3.00 bits per heavy atom. The fourth-order valence-corrected chi connectivity index (χ4v) is 3.00. The van der Waals surface area contributed by atoms with Crippen LogP contribution in [0.25, 0.3) is 5.65 Å². The molecule has 4 heteroatoms. The Kier molecular flexibility index (Phi) is 3.19. The molecule has 1 atom stereocenters. The topological polar surface area (TPSA) is 46.6 Å². The monoisotopic (exact) mass is 258 g/mol. The molecule has 0 radical (unpaired) electrons. The minimum Gasteiger partial charge on any atom is -0.398 e. The van der Waals surface area contributed by atoms with Crippen LogP contribution in [0.2, 0.25) is 0 Å². The third-order valence-corrected chi connectivity index (χ3v) is 4.23. The number of nitrogen functional groups attached to an aromatic ring is 1. The lowest BCUT2D eigenvalue weighted by Crippen LogP contribution is -2.37. The first-order chi connectivity index (χ1) is 9.15. The first-order valence-electron chi connectivity index (χ1n) is 7.12. The number of aromatic nitrogens is 2. The first kappa shape index (κ1) is 12.5. The van der Waals surface area contributed by atoms with Crippen molar-refractivity contribution in [1.29, 1.82) is 0 Å². The zero-order valence-electron chi connectivity index (χ0n) is 11.8. The molecule has 1 fully saturated rings. The fourth-order valence-electron chi connectivity index (χ4n) is 3.00. The molecule has 0 saturated carbocycles. The zero-order valence-corrected chi connectivity index (χ0v) is 11.8. The van der Waals surface area contributed by atoms with Gasteiger partial charge in [-0.3, -0.25) is 4.90 Å². The van der Waals surface area contributed by atoms with Gasteiger partial charge in [-0.25, -0.2) is 4.98 Å². The highest BCUT2D eigenvalue weighted by atomic mass is 15.2. The van der Waals surface area contributed by atoms with Crippen LogP contribution in [0.3, 0.4) is 0 Å². The van der Waals surface area contributed by atoms with E-state index in [0.717, 1.165) is 23.6 Å². The number of pyridine rings is 1. The molecule has 1 unspecified atom stereocenters. The van der Waals surface area contributed by atoms with Crippen molar-refractivity contribution in [1.82, 2.24) is 14.3 Å². The number of hydrogen-bond acceptors (Lipinski definition) is 3. The predicted octanol–water partition coefficient (Wildman–Crippen LogP) is 2.60. The molecule has 3 heterocycles. The van der Waals surface area contributed by atoms with E-state index in [2.05, 4.69) is 28.1 Å². The number of piperidine rings is 1. The van der Waals surface area contributed by atoms with E-state index in [0.29, 0.717) is 6.04 Å². The highest BCUT2D eigenvalue weighted by molar-refractivity contribution is 5.50. The minimum absolute atomic E-state index is 0.666. The summed E-state index contributed by atoms with van der Waals surface area (Å²) in [5, 5.41) is 0. The molecule has 1 saturated heterocycles. The van der Waals surface area contributed by atoms with Crippen LogP contribution in [-0.4, -0.2) is 26.9 Å². The van der Waals surface area contributed by atoms with Crippen LogP contribution in [0.1, 0.15) is 37.6 Å². The lowest BCUT2D eigenvalue weighted by molar-refractivity contribution is 0.150. The zero-order chi connectivity index (χ0) is 13.4. The summed E-state index contributed by atoms with van der Waals surface area (Å²) in [4.78, 5) is 7.18. The fraction of sp³-hybridized carbons (Fsp3) is 0.533. The molecular weight excluding hydrogens is 236 g/mol. The maximum absolute atomic E-state index is 5.90. The number of nitrogens with zero attached hydrogens (tertiary/aromatic N) is 3. The number of hydrogen-bond donors (Lipinski definition) is 1. The second-order valence-corrected chi connectivity index (χ2v) is 5.65. The van der Waals surface area contributed by atoms with Crippen LogP contribution in [-0.2, 0) is 6.54 Å². The summed E-state index contributed by atoms with van der Waals surface area (Å²) in [5.74, 6) is 0. The van der Waals surface area contributed by atoms with Gasteiger partial charge in [0, 0.05) is 24.5 Å². The number of likely N-dealkylation sites (tertiary alicyclic amines) is 1.